The van der Waals surface area contributed by atoms with Crippen LogP contribution in [0.3, 0.4) is 0 Å². The van der Waals surface area contributed by atoms with Crippen molar-refractivity contribution in [3.05, 3.63) is 69.8 Å². The van der Waals surface area contributed by atoms with Crippen molar-refractivity contribution >= 4 is 11.6 Å². The molecular weight excluding hydrogens is 286 g/mol. The van der Waals surface area contributed by atoms with Crippen LogP contribution in [-0.4, -0.2) is 18.2 Å². The van der Waals surface area contributed by atoms with Gasteiger partial charge in [0, 0.05) is 17.7 Å². The standard InChI is InChI=1S/C10H11NO.C9H10N2/c1-7-2-3-9-8(4-7)5-11-6-10(9)12;1-6-2-3-8-7(4-6)5-11-9(8)10/h2-4,11H,5-6H2,1H3;2-4H,5H2,1H3,(H2,10,11). The third kappa shape index (κ3) is 3.32. The van der Waals surface area contributed by atoms with E-state index in [1.807, 2.05) is 25.1 Å². The molecule has 2 aromatic rings. The fourth-order valence-corrected chi connectivity index (χ4v) is 2.91. The van der Waals surface area contributed by atoms with Crippen LogP contribution in [0.5, 0.6) is 0 Å². The van der Waals surface area contributed by atoms with Crippen molar-refractivity contribution in [2.75, 3.05) is 6.54 Å². The van der Waals surface area contributed by atoms with E-state index < -0.39 is 0 Å². The predicted molar refractivity (Wildman–Crippen MR) is 92.8 cm³/mol. The van der Waals surface area contributed by atoms with E-state index in [0.717, 1.165) is 29.8 Å². The summed E-state index contributed by atoms with van der Waals surface area (Å²) >= 11 is 0. The van der Waals surface area contributed by atoms with Crippen molar-refractivity contribution in [1.29, 1.82) is 0 Å². The summed E-state index contributed by atoms with van der Waals surface area (Å²) in [6.07, 6.45) is 0. The minimum atomic E-state index is 0.205. The molecule has 4 rings (SSSR count). The zero-order valence-electron chi connectivity index (χ0n) is 13.5. The molecule has 0 fully saturated rings. The molecule has 4 heteroatoms. The van der Waals surface area contributed by atoms with E-state index in [1.54, 1.807) is 0 Å². The number of benzene rings is 2. The largest absolute Gasteiger partial charge is 0.383 e. The molecule has 2 aromatic carbocycles. The van der Waals surface area contributed by atoms with Crippen LogP contribution >= 0.6 is 0 Å². The van der Waals surface area contributed by atoms with Gasteiger partial charge >= 0.3 is 0 Å². The van der Waals surface area contributed by atoms with Gasteiger partial charge in [-0.25, -0.2) is 0 Å². The van der Waals surface area contributed by atoms with E-state index in [4.69, 9.17) is 5.73 Å². The molecule has 0 saturated heterocycles. The molecule has 2 heterocycles. The topological polar surface area (TPSA) is 67.5 Å². The van der Waals surface area contributed by atoms with Crippen LogP contribution in [0.4, 0.5) is 0 Å². The van der Waals surface area contributed by atoms with Crippen LogP contribution in [0.15, 0.2) is 41.4 Å². The number of ketones is 1. The molecule has 0 aliphatic carbocycles. The SMILES string of the molecule is Cc1ccc2c(c1)CN=C2N.Cc1ccc2c(c1)CNCC2=O. The zero-order chi connectivity index (χ0) is 16.4. The average molecular weight is 307 g/mol. The van der Waals surface area contributed by atoms with E-state index in [9.17, 15) is 4.79 Å². The molecule has 0 bridgehead atoms. The number of Topliss-reactive ketones (excluding diaryl/α,β-unsaturated/α-hetero) is 1. The number of carbonyl (C=O) groups excluding carboxylic acids is 1. The van der Waals surface area contributed by atoms with Gasteiger partial charge in [0.15, 0.2) is 5.78 Å². The number of carbonyl (C=O) groups is 1. The maximum absolute atomic E-state index is 11.3. The molecule has 2 aliphatic heterocycles. The fourth-order valence-electron chi connectivity index (χ4n) is 2.91. The van der Waals surface area contributed by atoms with Crippen molar-refractivity contribution in [3.63, 3.8) is 0 Å². The number of nitrogens with zero attached hydrogens (tertiary/aromatic N) is 1. The quantitative estimate of drug-likeness (QED) is 0.786. The highest BCUT2D eigenvalue weighted by Gasteiger charge is 2.15. The lowest BCUT2D eigenvalue weighted by Crippen LogP contribution is -2.29. The van der Waals surface area contributed by atoms with Gasteiger partial charge in [-0.2, -0.15) is 0 Å². The minimum absolute atomic E-state index is 0.205. The van der Waals surface area contributed by atoms with Crippen LogP contribution in [0.1, 0.15) is 38.2 Å². The van der Waals surface area contributed by atoms with E-state index in [1.165, 1.54) is 16.7 Å². The van der Waals surface area contributed by atoms with Crippen molar-refractivity contribution < 1.29 is 4.79 Å². The number of rotatable bonds is 0. The summed E-state index contributed by atoms with van der Waals surface area (Å²) in [4.78, 5) is 15.5. The Labute approximate surface area is 136 Å². The second-order valence-electron chi connectivity index (χ2n) is 6.05. The summed E-state index contributed by atoms with van der Waals surface area (Å²) in [6.45, 7) is 6.18. The lowest BCUT2D eigenvalue weighted by molar-refractivity contribution is 0.0982. The number of aliphatic imine (C=N–C) groups is 1. The highest BCUT2D eigenvalue weighted by atomic mass is 16.1. The number of fused-ring (bicyclic) bond motifs is 2. The molecule has 0 amide bonds. The molecule has 0 aromatic heterocycles. The Morgan fingerprint density at radius 2 is 1.61 bits per heavy atom. The van der Waals surface area contributed by atoms with Gasteiger partial charge < -0.3 is 11.1 Å². The van der Waals surface area contributed by atoms with Crippen LogP contribution in [0, 0.1) is 13.8 Å². The average Bonchev–Trinajstić information content (AvgIpc) is 2.88. The number of amidine groups is 1. The maximum Gasteiger partial charge on any atom is 0.176 e. The van der Waals surface area contributed by atoms with Crippen molar-refractivity contribution in [2.45, 2.75) is 26.9 Å². The molecule has 23 heavy (non-hydrogen) atoms. The molecule has 4 nitrogen and oxygen atoms in total. The summed E-state index contributed by atoms with van der Waals surface area (Å²) in [5.74, 6) is 0.885. The second kappa shape index (κ2) is 6.34. The molecule has 0 spiro atoms. The van der Waals surface area contributed by atoms with Crippen molar-refractivity contribution in [2.24, 2.45) is 10.7 Å². The Bertz CT molecular complexity index is 793. The molecule has 118 valence electrons. The lowest BCUT2D eigenvalue weighted by atomic mass is 9.98. The maximum atomic E-state index is 11.3. The Balaban J connectivity index is 0.000000136. The predicted octanol–water partition coefficient (Wildman–Crippen LogP) is 2.49. The second-order valence-corrected chi connectivity index (χ2v) is 6.05. The van der Waals surface area contributed by atoms with Crippen molar-refractivity contribution in [3.8, 4) is 0 Å². The molecule has 0 saturated carbocycles. The fraction of sp³-hybridized carbons (Fsp3) is 0.263. The van der Waals surface area contributed by atoms with E-state index >= 15 is 0 Å². The van der Waals surface area contributed by atoms with Gasteiger partial charge in [0.25, 0.3) is 0 Å². The van der Waals surface area contributed by atoms with E-state index in [2.05, 4.69) is 35.4 Å². The Kier molecular flexibility index (Phi) is 4.26. The molecule has 0 radical (unpaired) electrons. The highest BCUT2D eigenvalue weighted by molar-refractivity contribution is 6.01. The molecule has 0 atom stereocenters. The molecule has 2 aliphatic rings. The van der Waals surface area contributed by atoms with Gasteiger partial charge in [-0.1, -0.05) is 47.5 Å². The summed E-state index contributed by atoms with van der Waals surface area (Å²) < 4.78 is 0. The molecule has 0 unspecified atom stereocenters. The van der Waals surface area contributed by atoms with Crippen LogP contribution < -0.4 is 11.1 Å². The molecular formula is C19H21N3O. The molecule has 3 N–H and O–H groups in total. The van der Waals surface area contributed by atoms with Gasteiger partial charge in [0.2, 0.25) is 0 Å². The lowest BCUT2D eigenvalue weighted by Gasteiger charge is -2.15. The van der Waals surface area contributed by atoms with E-state index in [-0.39, 0.29) is 5.78 Å². The first-order valence-corrected chi connectivity index (χ1v) is 7.78. The number of hydrogen-bond acceptors (Lipinski definition) is 4. The van der Waals surface area contributed by atoms with Gasteiger partial charge in [-0.05, 0) is 25.0 Å². The highest BCUT2D eigenvalue weighted by Crippen LogP contribution is 2.17. The first-order chi connectivity index (χ1) is 11.0. The van der Waals surface area contributed by atoms with Gasteiger partial charge in [-0.3, -0.25) is 9.79 Å². The van der Waals surface area contributed by atoms with E-state index in [0.29, 0.717) is 12.4 Å². The smallest absolute Gasteiger partial charge is 0.176 e. The Hall–Kier alpha value is -2.46. The zero-order valence-corrected chi connectivity index (χ0v) is 13.5. The summed E-state index contributed by atoms with van der Waals surface area (Å²) in [7, 11) is 0. The number of hydrogen-bond donors (Lipinski definition) is 2. The van der Waals surface area contributed by atoms with Gasteiger partial charge in [0.1, 0.15) is 5.84 Å². The summed E-state index contributed by atoms with van der Waals surface area (Å²) in [6, 6.07) is 12.2. The first kappa shape index (κ1) is 15.4. The van der Waals surface area contributed by atoms with Crippen molar-refractivity contribution in [1.82, 2.24) is 5.32 Å². The van der Waals surface area contributed by atoms with Crippen LogP contribution in [0.25, 0.3) is 0 Å². The summed E-state index contributed by atoms with van der Waals surface area (Å²) in [5.41, 5.74) is 12.5. The summed E-state index contributed by atoms with van der Waals surface area (Å²) in [5, 5.41) is 3.07. The van der Waals surface area contributed by atoms with Gasteiger partial charge in [0.05, 0.1) is 13.1 Å². The minimum Gasteiger partial charge on any atom is -0.383 e. The Morgan fingerprint density at radius 1 is 0.957 bits per heavy atom. The third-order valence-electron chi connectivity index (χ3n) is 4.12. The van der Waals surface area contributed by atoms with Crippen LogP contribution in [-0.2, 0) is 13.1 Å². The third-order valence-corrected chi connectivity index (χ3v) is 4.12. The number of nitrogens with one attached hydrogen (secondary N) is 1. The van der Waals surface area contributed by atoms with Gasteiger partial charge in [-0.15, -0.1) is 0 Å². The first-order valence-electron chi connectivity index (χ1n) is 7.78. The number of aryl methyl sites for hydroxylation is 2. The Morgan fingerprint density at radius 3 is 2.35 bits per heavy atom. The normalized spacial score (nSPS) is 15.2. The number of nitrogens with two attached hydrogens (primary N) is 1. The van der Waals surface area contributed by atoms with Crippen LogP contribution in [0.2, 0.25) is 0 Å². The monoisotopic (exact) mass is 307 g/mol.